The lowest BCUT2D eigenvalue weighted by Gasteiger charge is -2.17. The van der Waals surface area contributed by atoms with E-state index in [1.807, 2.05) is 31.1 Å². The predicted octanol–water partition coefficient (Wildman–Crippen LogP) is -0.707. The third kappa shape index (κ3) is 4.95. The number of esters is 1. The summed E-state index contributed by atoms with van der Waals surface area (Å²) >= 11 is 0. The molecule has 0 aliphatic carbocycles. The first-order valence-electron chi connectivity index (χ1n) is 9.47. The Hall–Kier alpha value is -3.71. The van der Waals surface area contributed by atoms with Crippen molar-refractivity contribution >= 4 is 50.0 Å². The molecule has 1 heterocycles. The van der Waals surface area contributed by atoms with Gasteiger partial charge in [0.15, 0.2) is 0 Å². The van der Waals surface area contributed by atoms with Gasteiger partial charge in [0.05, 0.1) is 12.0 Å². The lowest BCUT2D eigenvalue weighted by molar-refractivity contribution is -0.133. The average Bonchev–Trinajstić information content (AvgIpc) is 2.80. The van der Waals surface area contributed by atoms with E-state index < -0.39 is 21.9 Å². The summed E-state index contributed by atoms with van der Waals surface area (Å²) in [6.45, 7) is -0.0464. The van der Waals surface area contributed by atoms with E-state index in [9.17, 15) is 18.0 Å². The van der Waals surface area contributed by atoms with Crippen molar-refractivity contribution in [2.75, 3.05) is 39.2 Å². The van der Waals surface area contributed by atoms with Gasteiger partial charge in [-0.05, 0) is 12.1 Å². The van der Waals surface area contributed by atoms with Gasteiger partial charge in [-0.3, -0.25) is 15.6 Å². The second-order valence-electron chi connectivity index (χ2n) is 6.81. The Morgan fingerprint density at radius 1 is 1.00 bits per heavy atom. The largest absolute Gasteiger partial charge is 0.463 e. The van der Waals surface area contributed by atoms with Crippen molar-refractivity contribution in [3.63, 3.8) is 0 Å². The van der Waals surface area contributed by atoms with E-state index in [0.717, 1.165) is 11.1 Å². The van der Waals surface area contributed by atoms with E-state index in [0.29, 0.717) is 5.39 Å². The highest BCUT2D eigenvalue weighted by molar-refractivity contribution is 7.89. The van der Waals surface area contributed by atoms with Crippen LogP contribution in [0.2, 0.25) is 0 Å². The summed E-state index contributed by atoms with van der Waals surface area (Å²) in [5.74, 6) is -1.78. The molecule has 13 heteroatoms. The van der Waals surface area contributed by atoms with Gasteiger partial charge in [0, 0.05) is 43.6 Å². The number of nitrogens with zero attached hydrogens (tertiary/aromatic N) is 3. The Morgan fingerprint density at radius 3 is 2.31 bits per heavy atom. The normalized spacial score (nSPS) is 13.3. The highest BCUT2D eigenvalue weighted by Gasteiger charge is 2.21. The molecule has 0 radical (unpaired) electrons. The first-order valence-corrected chi connectivity index (χ1v) is 11.0. The van der Waals surface area contributed by atoms with Crippen LogP contribution in [0.4, 0.5) is 5.69 Å². The van der Waals surface area contributed by atoms with Crippen molar-refractivity contribution < 1.29 is 22.7 Å². The summed E-state index contributed by atoms with van der Waals surface area (Å²) in [6, 6.07) is 10.6. The Morgan fingerprint density at radius 2 is 1.66 bits per heavy atom. The number of carbonyl (C=O) groups excluding carboxylic acids is 2. The molecule has 2 aromatic carbocycles. The van der Waals surface area contributed by atoms with Gasteiger partial charge in [0.2, 0.25) is 15.9 Å². The Labute approximate surface area is 184 Å². The molecule has 0 saturated heterocycles. The van der Waals surface area contributed by atoms with Crippen molar-refractivity contribution in [3.05, 3.63) is 36.4 Å². The fourth-order valence-corrected chi connectivity index (χ4v) is 4.22. The van der Waals surface area contributed by atoms with Gasteiger partial charge in [-0.1, -0.05) is 24.3 Å². The minimum absolute atomic E-state index is 0.0000499. The summed E-state index contributed by atoms with van der Waals surface area (Å²) in [6.07, 6.45) is 0. The van der Waals surface area contributed by atoms with Gasteiger partial charge in [-0.25, -0.2) is 17.9 Å². The van der Waals surface area contributed by atoms with Crippen LogP contribution < -0.4 is 25.8 Å². The number of anilines is 1. The Kier molecular flexibility index (Phi) is 6.90. The molecule has 12 nitrogen and oxygen atoms in total. The smallest absolute Gasteiger partial charge is 0.377 e. The zero-order chi connectivity index (χ0) is 23.3. The maximum atomic E-state index is 12.9. The summed E-state index contributed by atoms with van der Waals surface area (Å²) in [5, 5.41) is 11.2. The summed E-state index contributed by atoms with van der Waals surface area (Å²) < 4.78 is 32.7. The number of fused-ring (bicyclic) bond motifs is 1. The molecule has 0 bridgehead atoms. The Balaban J connectivity index is 1.60. The van der Waals surface area contributed by atoms with Crippen molar-refractivity contribution in [3.8, 4) is 0 Å². The molecule has 170 valence electrons. The molecular formula is C19H23N7O5S. The van der Waals surface area contributed by atoms with Crippen LogP contribution in [0.1, 0.15) is 0 Å². The zero-order valence-electron chi connectivity index (χ0n) is 17.7. The number of hydrazone groups is 2. The Bertz CT molecular complexity index is 1210. The SMILES string of the molecule is COC(=O)C1=NNC(C(=O)NCCNS(=O)(=O)c2cccc3c(N(C)C)cccc23)=NN1. The first-order chi connectivity index (χ1) is 15.2. The fourth-order valence-electron chi connectivity index (χ4n) is 2.97. The number of methoxy groups -OCH3 is 1. The first kappa shape index (κ1) is 23.0. The number of amidine groups is 2. The number of sulfonamides is 1. The maximum Gasteiger partial charge on any atom is 0.377 e. The van der Waals surface area contributed by atoms with E-state index in [-0.39, 0.29) is 29.7 Å². The van der Waals surface area contributed by atoms with Crippen LogP contribution in [0.3, 0.4) is 0 Å². The standard InChI is InChI=1S/C19H23N7O5S/c1-26(2)14-8-4-7-13-12(14)6-5-9-15(13)32(29,30)21-11-10-20-18(27)16-22-24-17(25-23-16)19(28)31-3/h4-9,21H,10-11H2,1-3H3,(H,20,27)(H,22,23)(H,24,25). The molecule has 1 aliphatic rings. The highest BCUT2D eigenvalue weighted by Crippen LogP contribution is 2.29. The molecular weight excluding hydrogens is 438 g/mol. The second kappa shape index (κ2) is 9.62. The van der Waals surface area contributed by atoms with Crippen LogP contribution in [0, 0.1) is 0 Å². The van der Waals surface area contributed by atoms with Gasteiger partial charge in [-0.15, -0.1) is 10.2 Å². The predicted molar refractivity (Wildman–Crippen MR) is 120 cm³/mol. The minimum Gasteiger partial charge on any atom is -0.463 e. The van der Waals surface area contributed by atoms with Gasteiger partial charge >= 0.3 is 5.97 Å². The topological polar surface area (TPSA) is 154 Å². The van der Waals surface area contributed by atoms with Crippen molar-refractivity contribution in [1.29, 1.82) is 0 Å². The van der Waals surface area contributed by atoms with E-state index in [4.69, 9.17) is 0 Å². The van der Waals surface area contributed by atoms with Gasteiger partial charge in [0.1, 0.15) is 0 Å². The maximum absolute atomic E-state index is 12.9. The van der Waals surface area contributed by atoms with Crippen LogP contribution in [0.5, 0.6) is 0 Å². The number of amides is 1. The zero-order valence-corrected chi connectivity index (χ0v) is 18.5. The number of hydrogen-bond acceptors (Lipinski definition) is 10. The fraction of sp³-hybridized carbons (Fsp3) is 0.263. The molecule has 3 rings (SSSR count). The quantitative estimate of drug-likeness (QED) is 0.297. The van der Waals surface area contributed by atoms with E-state index in [2.05, 4.69) is 35.8 Å². The number of hydrogen-bond donors (Lipinski definition) is 4. The third-order valence-electron chi connectivity index (χ3n) is 4.47. The van der Waals surface area contributed by atoms with Crippen LogP contribution in [0.15, 0.2) is 51.5 Å². The van der Waals surface area contributed by atoms with E-state index >= 15 is 0 Å². The number of carbonyl (C=O) groups is 2. The summed E-state index contributed by atoms with van der Waals surface area (Å²) in [5.41, 5.74) is 5.52. The number of benzene rings is 2. The van der Waals surface area contributed by atoms with Crippen molar-refractivity contribution in [2.45, 2.75) is 4.90 Å². The molecule has 32 heavy (non-hydrogen) atoms. The van der Waals surface area contributed by atoms with E-state index in [1.165, 1.54) is 13.2 Å². The van der Waals surface area contributed by atoms with Crippen LogP contribution in [-0.2, 0) is 24.3 Å². The number of nitrogens with one attached hydrogen (secondary N) is 4. The second-order valence-corrected chi connectivity index (χ2v) is 8.55. The van der Waals surface area contributed by atoms with Crippen LogP contribution in [0.25, 0.3) is 10.8 Å². The molecule has 1 amide bonds. The highest BCUT2D eigenvalue weighted by atomic mass is 32.2. The van der Waals surface area contributed by atoms with E-state index in [1.54, 1.807) is 18.2 Å². The van der Waals surface area contributed by atoms with Gasteiger partial charge < -0.3 is 15.0 Å². The number of rotatable bonds is 8. The molecule has 0 spiro atoms. The average molecular weight is 462 g/mol. The molecule has 0 fully saturated rings. The van der Waals surface area contributed by atoms with Gasteiger partial charge in [0.25, 0.3) is 11.7 Å². The summed E-state index contributed by atoms with van der Waals surface area (Å²) in [4.78, 5) is 25.5. The summed E-state index contributed by atoms with van der Waals surface area (Å²) in [7, 11) is 1.13. The molecule has 4 N–H and O–H groups in total. The van der Waals surface area contributed by atoms with Crippen LogP contribution in [-0.4, -0.2) is 66.3 Å². The lowest BCUT2D eigenvalue weighted by Crippen LogP contribution is -2.46. The van der Waals surface area contributed by atoms with Crippen LogP contribution >= 0.6 is 0 Å². The van der Waals surface area contributed by atoms with Crippen molar-refractivity contribution in [1.82, 2.24) is 20.9 Å². The molecule has 0 aromatic heterocycles. The molecule has 2 aromatic rings. The minimum atomic E-state index is -3.82. The molecule has 0 unspecified atom stereocenters. The molecule has 1 aliphatic heterocycles. The monoisotopic (exact) mass is 461 g/mol. The lowest BCUT2D eigenvalue weighted by atomic mass is 10.1. The third-order valence-corrected chi connectivity index (χ3v) is 5.99. The van der Waals surface area contributed by atoms with Crippen molar-refractivity contribution in [2.24, 2.45) is 10.2 Å². The molecule has 0 saturated carbocycles. The number of ether oxygens (including phenoxy) is 1. The molecule has 0 atom stereocenters. The van der Waals surface area contributed by atoms with Gasteiger partial charge in [-0.2, -0.15) is 0 Å².